The lowest BCUT2D eigenvalue weighted by Gasteiger charge is -2.20. The molecule has 0 aliphatic heterocycles. The van der Waals surface area contributed by atoms with Crippen LogP contribution in [0.1, 0.15) is 19.8 Å². The highest BCUT2D eigenvalue weighted by Crippen LogP contribution is 2.04. The molecule has 2 atom stereocenters. The van der Waals surface area contributed by atoms with Crippen LogP contribution in [0.25, 0.3) is 0 Å². The lowest BCUT2D eigenvalue weighted by molar-refractivity contribution is -0.142. The molecule has 20 heavy (non-hydrogen) atoms. The lowest BCUT2D eigenvalue weighted by Crippen LogP contribution is -2.51. The van der Waals surface area contributed by atoms with Gasteiger partial charge < -0.3 is 15.7 Å². The SMILES string of the molecule is CSCC[C@@H](NC(=O)[C@@H](CCSC)NC(C)=O)C(=O)O. The van der Waals surface area contributed by atoms with Crippen molar-refractivity contribution >= 4 is 41.3 Å². The molecule has 0 radical (unpaired) electrons. The number of hydrogen-bond acceptors (Lipinski definition) is 5. The normalized spacial score (nSPS) is 13.3. The molecule has 2 amide bonds. The van der Waals surface area contributed by atoms with Gasteiger partial charge in [-0.25, -0.2) is 4.79 Å². The van der Waals surface area contributed by atoms with E-state index in [2.05, 4.69) is 10.6 Å². The van der Waals surface area contributed by atoms with E-state index in [-0.39, 0.29) is 5.91 Å². The molecule has 0 rings (SSSR count). The predicted molar refractivity (Wildman–Crippen MR) is 83.2 cm³/mol. The largest absolute Gasteiger partial charge is 0.480 e. The van der Waals surface area contributed by atoms with Gasteiger partial charge in [0.25, 0.3) is 0 Å². The number of carbonyl (C=O) groups excluding carboxylic acids is 2. The summed E-state index contributed by atoms with van der Waals surface area (Å²) in [5.74, 6) is -0.447. The van der Waals surface area contributed by atoms with E-state index < -0.39 is 24.0 Å². The zero-order chi connectivity index (χ0) is 15.5. The minimum Gasteiger partial charge on any atom is -0.480 e. The third-order valence-corrected chi connectivity index (χ3v) is 3.82. The van der Waals surface area contributed by atoms with E-state index in [4.69, 9.17) is 5.11 Å². The van der Waals surface area contributed by atoms with Crippen LogP contribution in [0.4, 0.5) is 0 Å². The van der Waals surface area contributed by atoms with E-state index in [1.807, 2.05) is 12.5 Å². The molecule has 3 N–H and O–H groups in total. The third-order valence-electron chi connectivity index (χ3n) is 2.53. The molecule has 0 unspecified atom stereocenters. The van der Waals surface area contributed by atoms with Crippen LogP contribution in [0.3, 0.4) is 0 Å². The predicted octanol–water partition coefficient (Wildman–Crippen LogP) is 0.567. The summed E-state index contributed by atoms with van der Waals surface area (Å²) in [6.45, 7) is 1.34. The quantitative estimate of drug-likeness (QED) is 0.544. The second-order valence-electron chi connectivity index (χ2n) is 4.22. The zero-order valence-electron chi connectivity index (χ0n) is 12.0. The number of aliphatic carboxylic acids is 1. The van der Waals surface area contributed by atoms with E-state index in [0.29, 0.717) is 24.3 Å². The van der Waals surface area contributed by atoms with Crippen molar-refractivity contribution in [3.8, 4) is 0 Å². The Kier molecular flexibility index (Phi) is 10.4. The third kappa shape index (κ3) is 8.31. The molecule has 0 saturated carbocycles. The number of rotatable bonds is 10. The number of carboxylic acids is 1. The van der Waals surface area contributed by atoms with Crippen molar-refractivity contribution < 1.29 is 19.5 Å². The molecule has 0 aliphatic rings. The first-order valence-electron chi connectivity index (χ1n) is 6.20. The van der Waals surface area contributed by atoms with Crippen molar-refractivity contribution in [1.82, 2.24) is 10.6 Å². The maximum absolute atomic E-state index is 12.1. The van der Waals surface area contributed by atoms with Crippen LogP contribution < -0.4 is 10.6 Å². The molecule has 0 spiro atoms. The molecule has 8 heteroatoms. The van der Waals surface area contributed by atoms with Crippen molar-refractivity contribution in [2.24, 2.45) is 0 Å². The van der Waals surface area contributed by atoms with Crippen molar-refractivity contribution in [3.63, 3.8) is 0 Å². The van der Waals surface area contributed by atoms with E-state index in [1.54, 1.807) is 11.8 Å². The Morgan fingerprint density at radius 2 is 1.50 bits per heavy atom. The standard InChI is InChI=1S/C12H22N2O4S2/c1-8(15)13-9(4-6-19-2)11(16)14-10(12(17)18)5-7-20-3/h9-10H,4-7H2,1-3H3,(H,13,15)(H,14,16)(H,17,18)/t9-,10-/m1/s1. The van der Waals surface area contributed by atoms with Crippen molar-refractivity contribution in [1.29, 1.82) is 0 Å². The van der Waals surface area contributed by atoms with Crippen LogP contribution in [0, 0.1) is 0 Å². The summed E-state index contributed by atoms with van der Waals surface area (Å²) >= 11 is 3.08. The van der Waals surface area contributed by atoms with E-state index in [1.165, 1.54) is 18.7 Å². The Balaban J connectivity index is 4.59. The monoisotopic (exact) mass is 322 g/mol. The summed E-state index contributed by atoms with van der Waals surface area (Å²) in [6.07, 6.45) is 4.61. The number of hydrogen-bond donors (Lipinski definition) is 3. The Hall–Kier alpha value is -0.890. The first-order chi connectivity index (χ1) is 9.42. The number of thioether (sulfide) groups is 2. The molecule has 0 fully saturated rings. The lowest BCUT2D eigenvalue weighted by atomic mass is 10.1. The van der Waals surface area contributed by atoms with Gasteiger partial charge in [-0.15, -0.1) is 0 Å². The molecule has 6 nitrogen and oxygen atoms in total. The Labute approximate surface area is 127 Å². The van der Waals surface area contributed by atoms with E-state index >= 15 is 0 Å². The molecular weight excluding hydrogens is 300 g/mol. The van der Waals surface area contributed by atoms with Crippen LogP contribution in [0.15, 0.2) is 0 Å². The minimum absolute atomic E-state index is 0.303. The fraction of sp³-hybridized carbons (Fsp3) is 0.750. The van der Waals surface area contributed by atoms with Gasteiger partial charge in [-0.1, -0.05) is 0 Å². The average molecular weight is 322 g/mol. The summed E-state index contributed by atoms with van der Waals surface area (Å²) in [6, 6.07) is -1.60. The molecular formula is C12H22N2O4S2. The van der Waals surface area contributed by atoms with E-state index in [9.17, 15) is 14.4 Å². The maximum atomic E-state index is 12.1. The molecule has 0 saturated heterocycles. The minimum atomic E-state index is -1.06. The highest BCUT2D eigenvalue weighted by molar-refractivity contribution is 7.98. The van der Waals surface area contributed by atoms with Gasteiger partial charge in [0, 0.05) is 6.92 Å². The smallest absolute Gasteiger partial charge is 0.326 e. The van der Waals surface area contributed by atoms with Gasteiger partial charge >= 0.3 is 5.97 Å². The van der Waals surface area contributed by atoms with Crippen LogP contribution >= 0.6 is 23.5 Å². The fourth-order valence-electron chi connectivity index (χ4n) is 1.52. The molecule has 0 heterocycles. The van der Waals surface area contributed by atoms with E-state index in [0.717, 1.165) is 0 Å². The molecule has 0 bridgehead atoms. The second kappa shape index (κ2) is 10.8. The Morgan fingerprint density at radius 1 is 1.00 bits per heavy atom. The van der Waals surface area contributed by atoms with Gasteiger partial charge in [-0.3, -0.25) is 9.59 Å². The highest BCUT2D eigenvalue weighted by atomic mass is 32.2. The van der Waals surface area contributed by atoms with Gasteiger partial charge in [0.2, 0.25) is 11.8 Å². The molecule has 0 aromatic carbocycles. The van der Waals surface area contributed by atoms with Crippen molar-refractivity contribution in [2.45, 2.75) is 31.8 Å². The van der Waals surface area contributed by atoms with Crippen molar-refractivity contribution in [2.75, 3.05) is 24.0 Å². The first kappa shape index (κ1) is 19.1. The van der Waals surface area contributed by atoms with Crippen LogP contribution in [-0.2, 0) is 14.4 Å². The Morgan fingerprint density at radius 3 is 1.90 bits per heavy atom. The van der Waals surface area contributed by atoms with Crippen molar-refractivity contribution in [3.05, 3.63) is 0 Å². The number of carbonyl (C=O) groups is 3. The summed E-state index contributed by atoms with van der Waals surface area (Å²) < 4.78 is 0. The van der Waals surface area contributed by atoms with Gasteiger partial charge in [0.05, 0.1) is 0 Å². The molecule has 116 valence electrons. The van der Waals surface area contributed by atoms with Gasteiger partial charge in [0.1, 0.15) is 12.1 Å². The second-order valence-corrected chi connectivity index (χ2v) is 6.19. The first-order valence-corrected chi connectivity index (χ1v) is 8.99. The fourth-order valence-corrected chi connectivity index (χ4v) is 2.46. The summed E-state index contributed by atoms with van der Waals surface area (Å²) in [5, 5.41) is 14.1. The van der Waals surface area contributed by atoms with Gasteiger partial charge in [-0.05, 0) is 36.9 Å². The zero-order valence-corrected chi connectivity index (χ0v) is 13.6. The molecule has 0 aromatic heterocycles. The highest BCUT2D eigenvalue weighted by Gasteiger charge is 2.25. The summed E-state index contributed by atoms with van der Waals surface area (Å²) in [5.41, 5.74) is 0. The van der Waals surface area contributed by atoms with Gasteiger partial charge in [0.15, 0.2) is 0 Å². The Bertz CT molecular complexity index is 339. The molecule has 0 aliphatic carbocycles. The topological polar surface area (TPSA) is 95.5 Å². The van der Waals surface area contributed by atoms with Crippen LogP contribution in [0.5, 0.6) is 0 Å². The van der Waals surface area contributed by atoms with Crippen LogP contribution in [0.2, 0.25) is 0 Å². The summed E-state index contributed by atoms with van der Waals surface area (Å²) in [4.78, 5) is 34.2. The molecule has 0 aromatic rings. The number of carboxylic acid groups (broad SMARTS) is 1. The number of nitrogens with one attached hydrogen (secondary N) is 2. The average Bonchev–Trinajstić information content (AvgIpc) is 2.38. The maximum Gasteiger partial charge on any atom is 0.326 e. The number of amides is 2. The van der Waals surface area contributed by atoms with Gasteiger partial charge in [-0.2, -0.15) is 23.5 Å². The summed E-state index contributed by atoms with van der Waals surface area (Å²) in [7, 11) is 0. The van der Waals surface area contributed by atoms with Crippen LogP contribution in [-0.4, -0.2) is 59.0 Å².